The zero-order valence-electron chi connectivity index (χ0n) is 31.6. The van der Waals surface area contributed by atoms with Crippen molar-refractivity contribution in [3.8, 4) is 22.8 Å². The molecule has 11 heteroatoms. The number of nitrogens with one attached hydrogen (secondary N) is 3. The van der Waals surface area contributed by atoms with Gasteiger partial charge in [-0.05, 0) is 105 Å². The number of fused-ring (bicyclic) bond motifs is 1. The number of aryl methyl sites for hydroxylation is 2. The van der Waals surface area contributed by atoms with Crippen molar-refractivity contribution >= 4 is 17.5 Å². The third kappa shape index (κ3) is 8.80. The predicted octanol–water partition coefficient (Wildman–Crippen LogP) is 7.24. The van der Waals surface area contributed by atoms with Gasteiger partial charge in [-0.15, -0.1) is 0 Å². The molecule has 1 saturated carbocycles. The molecule has 4 heterocycles. The summed E-state index contributed by atoms with van der Waals surface area (Å²) < 4.78 is 22.6. The van der Waals surface area contributed by atoms with Crippen LogP contribution in [0.3, 0.4) is 0 Å². The van der Waals surface area contributed by atoms with Crippen LogP contribution in [-0.2, 0) is 13.0 Å². The lowest BCUT2D eigenvalue weighted by Crippen LogP contribution is -2.53. The van der Waals surface area contributed by atoms with Crippen molar-refractivity contribution in [2.75, 3.05) is 13.1 Å². The molecule has 10 nitrogen and oxygen atoms in total. The highest BCUT2D eigenvalue weighted by Crippen LogP contribution is 2.31. The Balaban J connectivity index is 0.985. The Morgan fingerprint density at radius 3 is 2.31 bits per heavy atom. The zero-order chi connectivity index (χ0) is 37.8. The third-order valence-electron chi connectivity index (χ3n) is 10.5. The average molecular weight is 732 g/mol. The highest BCUT2D eigenvalue weighted by atomic mass is 19.1. The number of aromatic nitrogens is 3. The number of carbonyl (C=O) groups is 2. The van der Waals surface area contributed by atoms with E-state index in [-0.39, 0.29) is 29.4 Å². The van der Waals surface area contributed by atoms with Crippen molar-refractivity contribution in [2.24, 2.45) is 0 Å². The van der Waals surface area contributed by atoms with Crippen molar-refractivity contribution < 1.29 is 18.7 Å². The van der Waals surface area contributed by atoms with Crippen LogP contribution in [0.4, 0.5) is 4.39 Å². The number of ether oxygens (including phenoxy) is 1. The van der Waals surface area contributed by atoms with Crippen LogP contribution in [0.15, 0.2) is 79.1 Å². The maximum atomic E-state index is 14.5. The van der Waals surface area contributed by atoms with Crippen molar-refractivity contribution in [3.05, 3.63) is 113 Å². The summed E-state index contributed by atoms with van der Waals surface area (Å²) in [7, 11) is 0. The summed E-state index contributed by atoms with van der Waals surface area (Å²) in [6.45, 7) is 11.6. The number of pyridine rings is 2. The van der Waals surface area contributed by atoms with Gasteiger partial charge in [-0.1, -0.05) is 49.7 Å². The van der Waals surface area contributed by atoms with E-state index in [0.717, 1.165) is 61.1 Å². The standard InChI is InChI=1S/C43H50FN7O3/c1-5-8-30-19-32(13-14-33(30)25-50-23-27(2)46-28(3)24-50)31-10-7-11-37(20-31)54-43-38(21-34(44)22-45-43)41(52)47-35-15-17-36(18-16-35)48-42(53)39-26-51-29(4)9-6-12-40(51)49-39/h6-7,9-14,19-22,26-28,35-36,46H,5,8,15-18,23-25H2,1-4H3,(H,47,52)(H,48,53)/t27-,28+,35?,36?. The molecule has 282 valence electrons. The second kappa shape index (κ2) is 16.5. The van der Waals surface area contributed by atoms with E-state index in [1.807, 2.05) is 53.8 Å². The lowest BCUT2D eigenvalue weighted by Gasteiger charge is -2.36. The van der Waals surface area contributed by atoms with Gasteiger partial charge in [-0.25, -0.2) is 14.4 Å². The highest BCUT2D eigenvalue weighted by molar-refractivity contribution is 5.96. The number of amides is 2. The molecule has 3 aromatic heterocycles. The second-order valence-electron chi connectivity index (χ2n) is 15.0. The number of benzene rings is 2. The van der Waals surface area contributed by atoms with E-state index in [2.05, 4.69) is 69.8 Å². The van der Waals surface area contributed by atoms with Crippen molar-refractivity contribution in [2.45, 2.75) is 96.9 Å². The van der Waals surface area contributed by atoms with E-state index >= 15 is 0 Å². The van der Waals surface area contributed by atoms with Gasteiger partial charge >= 0.3 is 0 Å². The van der Waals surface area contributed by atoms with Crippen LogP contribution >= 0.6 is 0 Å². The molecule has 54 heavy (non-hydrogen) atoms. The number of imidazole rings is 1. The topological polar surface area (TPSA) is 113 Å². The molecule has 2 aromatic carbocycles. The van der Waals surface area contributed by atoms with Crippen LogP contribution in [0.5, 0.6) is 11.6 Å². The number of piperazine rings is 1. The minimum Gasteiger partial charge on any atom is -0.438 e. The first-order chi connectivity index (χ1) is 26.1. The summed E-state index contributed by atoms with van der Waals surface area (Å²) in [4.78, 5) is 37.7. The minimum absolute atomic E-state index is 0.0316. The molecule has 0 bridgehead atoms. The smallest absolute Gasteiger partial charge is 0.271 e. The van der Waals surface area contributed by atoms with Gasteiger partial charge in [0, 0.05) is 55.7 Å². The fraction of sp³-hybridized carbons (Fsp3) is 0.395. The molecule has 0 unspecified atom stereocenters. The maximum Gasteiger partial charge on any atom is 0.271 e. The lowest BCUT2D eigenvalue weighted by atomic mass is 9.91. The van der Waals surface area contributed by atoms with E-state index in [1.54, 1.807) is 6.20 Å². The molecule has 2 atom stereocenters. The molecule has 1 saturated heterocycles. The first-order valence-electron chi connectivity index (χ1n) is 19.2. The summed E-state index contributed by atoms with van der Waals surface area (Å²) in [6.07, 6.45) is 7.56. The van der Waals surface area contributed by atoms with Crippen LogP contribution in [0.2, 0.25) is 0 Å². The minimum atomic E-state index is -0.622. The van der Waals surface area contributed by atoms with Crippen LogP contribution in [0.25, 0.3) is 16.8 Å². The number of hydrogen-bond donors (Lipinski definition) is 3. The molecule has 1 aliphatic heterocycles. The molecule has 7 rings (SSSR count). The van der Waals surface area contributed by atoms with E-state index in [4.69, 9.17) is 4.74 Å². The normalized spacial score (nSPS) is 20.5. The Morgan fingerprint density at radius 1 is 0.889 bits per heavy atom. The first kappa shape index (κ1) is 37.2. The van der Waals surface area contributed by atoms with Crippen molar-refractivity contribution in [3.63, 3.8) is 0 Å². The Morgan fingerprint density at radius 2 is 1.59 bits per heavy atom. The monoisotopic (exact) mass is 731 g/mol. The maximum absolute atomic E-state index is 14.5. The average Bonchev–Trinajstić information content (AvgIpc) is 3.60. The molecule has 2 amide bonds. The SMILES string of the molecule is CCCc1cc(-c2cccc(Oc3ncc(F)cc3C(=O)NC3CCC(NC(=O)c4cn5c(C)cccc5n4)CC3)c2)ccc1CN1C[C@@H](C)N[C@@H](C)C1. The van der Waals surface area contributed by atoms with Crippen LogP contribution in [0, 0.1) is 12.7 Å². The number of rotatable bonds is 11. The molecule has 3 N–H and O–H groups in total. The zero-order valence-corrected chi connectivity index (χ0v) is 31.6. The van der Waals surface area contributed by atoms with Gasteiger partial charge < -0.3 is 25.1 Å². The fourth-order valence-corrected chi connectivity index (χ4v) is 7.96. The Labute approximate surface area is 316 Å². The van der Waals surface area contributed by atoms with E-state index in [0.29, 0.717) is 49.2 Å². The number of carbonyl (C=O) groups excluding carboxylic acids is 2. The summed E-state index contributed by atoms with van der Waals surface area (Å²) in [5.74, 6) is -0.744. The number of hydrogen-bond acceptors (Lipinski definition) is 7. The molecule has 2 aliphatic rings. The van der Waals surface area contributed by atoms with Gasteiger partial charge in [0.1, 0.15) is 28.5 Å². The number of nitrogens with zero attached hydrogens (tertiary/aromatic N) is 4. The summed E-state index contributed by atoms with van der Waals surface area (Å²) in [6, 6.07) is 22.1. The third-order valence-corrected chi connectivity index (χ3v) is 10.5. The molecule has 0 spiro atoms. The predicted molar refractivity (Wildman–Crippen MR) is 208 cm³/mol. The van der Waals surface area contributed by atoms with Crippen LogP contribution in [-0.4, -0.2) is 68.3 Å². The van der Waals surface area contributed by atoms with Gasteiger partial charge in [-0.2, -0.15) is 0 Å². The molecular weight excluding hydrogens is 682 g/mol. The molecule has 1 aliphatic carbocycles. The van der Waals surface area contributed by atoms with E-state index in [9.17, 15) is 14.0 Å². The van der Waals surface area contributed by atoms with Gasteiger partial charge in [0.2, 0.25) is 5.88 Å². The van der Waals surface area contributed by atoms with Crippen molar-refractivity contribution in [1.29, 1.82) is 0 Å². The summed E-state index contributed by atoms with van der Waals surface area (Å²) >= 11 is 0. The quantitative estimate of drug-likeness (QED) is 0.131. The van der Waals surface area contributed by atoms with Gasteiger partial charge in [0.05, 0.1) is 6.20 Å². The van der Waals surface area contributed by atoms with E-state index in [1.165, 1.54) is 17.2 Å². The molecule has 2 fully saturated rings. The van der Waals surface area contributed by atoms with Gasteiger partial charge in [-0.3, -0.25) is 14.5 Å². The Hall–Kier alpha value is -5.13. The van der Waals surface area contributed by atoms with Gasteiger partial charge in [0.15, 0.2) is 0 Å². The molecule has 0 radical (unpaired) electrons. The van der Waals surface area contributed by atoms with Crippen LogP contribution < -0.4 is 20.7 Å². The Bertz CT molecular complexity index is 2120. The van der Waals surface area contributed by atoms with Gasteiger partial charge in [0.25, 0.3) is 11.8 Å². The number of halogens is 1. The molecular formula is C43H50FN7O3. The second-order valence-corrected chi connectivity index (χ2v) is 15.0. The Kier molecular flexibility index (Phi) is 11.4. The lowest BCUT2D eigenvalue weighted by molar-refractivity contribution is 0.0888. The summed E-state index contributed by atoms with van der Waals surface area (Å²) in [5, 5.41) is 9.77. The molecule has 5 aromatic rings. The van der Waals surface area contributed by atoms with Crippen molar-refractivity contribution in [1.82, 2.24) is 35.2 Å². The largest absolute Gasteiger partial charge is 0.438 e. The fourth-order valence-electron chi connectivity index (χ4n) is 7.96. The highest BCUT2D eigenvalue weighted by Gasteiger charge is 2.27. The first-order valence-corrected chi connectivity index (χ1v) is 19.2. The van der Waals surface area contributed by atoms with Crippen LogP contribution in [0.1, 0.15) is 90.5 Å². The van der Waals surface area contributed by atoms with E-state index < -0.39 is 11.7 Å². The summed E-state index contributed by atoms with van der Waals surface area (Å²) in [5.41, 5.74) is 6.90.